The summed E-state index contributed by atoms with van der Waals surface area (Å²) in [5.74, 6) is -0.413. The molecule has 0 aliphatic heterocycles. The van der Waals surface area contributed by atoms with Gasteiger partial charge in [0.15, 0.2) is 16.0 Å². The van der Waals surface area contributed by atoms with Crippen LogP contribution in [-0.2, 0) is 5.75 Å². The summed E-state index contributed by atoms with van der Waals surface area (Å²) in [6, 6.07) is 8.99. The van der Waals surface area contributed by atoms with E-state index in [-0.39, 0.29) is 10.7 Å². The molecule has 0 atom stereocenters. The Morgan fingerprint density at radius 1 is 0.968 bits per heavy atom. The van der Waals surface area contributed by atoms with Crippen molar-refractivity contribution in [1.82, 2.24) is 30.8 Å². The second kappa shape index (κ2) is 10.6. The summed E-state index contributed by atoms with van der Waals surface area (Å²) in [6.45, 7) is 3.87. The summed E-state index contributed by atoms with van der Waals surface area (Å²) >= 11 is 8.77. The molecule has 31 heavy (non-hydrogen) atoms. The second-order valence-electron chi connectivity index (χ2n) is 6.38. The number of hydrazine groups is 1. The first kappa shape index (κ1) is 23.0. The number of amides is 2. The number of aromatic nitrogens is 4. The number of halogens is 1. The van der Waals surface area contributed by atoms with Crippen molar-refractivity contribution >= 4 is 46.9 Å². The smallest absolute Gasteiger partial charge is 0.267 e. The van der Waals surface area contributed by atoms with E-state index in [0.29, 0.717) is 16.5 Å². The van der Waals surface area contributed by atoms with E-state index in [0.717, 1.165) is 22.1 Å². The lowest BCUT2D eigenvalue weighted by Crippen LogP contribution is -2.42. The average Bonchev–Trinajstić information content (AvgIpc) is 2.76. The van der Waals surface area contributed by atoms with Crippen molar-refractivity contribution in [1.29, 1.82) is 0 Å². The predicted molar refractivity (Wildman–Crippen MR) is 121 cm³/mol. The maximum atomic E-state index is 12.3. The van der Waals surface area contributed by atoms with Crippen molar-refractivity contribution in [3.05, 3.63) is 69.8 Å². The van der Waals surface area contributed by atoms with Gasteiger partial charge in [-0.05, 0) is 43.9 Å². The average molecular weight is 475 g/mol. The Kier molecular flexibility index (Phi) is 7.83. The molecule has 0 spiro atoms. The van der Waals surface area contributed by atoms with E-state index in [9.17, 15) is 9.59 Å². The number of hydrogen-bond donors (Lipinski definition) is 2. The van der Waals surface area contributed by atoms with E-state index in [1.807, 2.05) is 32.0 Å². The van der Waals surface area contributed by atoms with E-state index in [2.05, 4.69) is 30.8 Å². The number of nitrogens with zero attached hydrogens (tertiary/aromatic N) is 4. The Labute approximate surface area is 193 Å². The molecule has 0 unspecified atom stereocenters. The Morgan fingerprint density at radius 2 is 1.61 bits per heavy atom. The van der Waals surface area contributed by atoms with Crippen molar-refractivity contribution in [3.63, 3.8) is 0 Å². The second-order valence-corrected chi connectivity index (χ2v) is 8.50. The van der Waals surface area contributed by atoms with E-state index in [1.165, 1.54) is 29.7 Å². The Morgan fingerprint density at radius 3 is 2.26 bits per heavy atom. The molecule has 0 saturated carbocycles. The molecule has 1 aromatic carbocycles. The topological polar surface area (TPSA) is 110 Å². The van der Waals surface area contributed by atoms with Gasteiger partial charge in [-0.3, -0.25) is 20.4 Å². The fourth-order valence-electron chi connectivity index (χ4n) is 2.51. The van der Waals surface area contributed by atoms with Crippen LogP contribution in [0.1, 0.15) is 37.8 Å². The highest BCUT2D eigenvalue weighted by molar-refractivity contribution is 7.98. The Balaban J connectivity index is 1.56. The predicted octanol–water partition coefficient (Wildman–Crippen LogP) is 3.63. The fraction of sp³-hybridized carbons (Fsp3) is 0.200. The van der Waals surface area contributed by atoms with Crippen LogP contribution < -0.4 is 10.9 Å². The van der Waals surface area contributed by atoms with Crippen molar-refractivity contribution in [3.8, 4) is 0 Å². The molecule has 2 aromatic heterocycles. The van der Waals surface area contributed by atoms with Gasteiger partial charge in [0.05, 0.1) is 11.2 Å². The van der Waals surface area contributed by atoms with E-state index in [1.54, 1.807) is 18.4 Å². The van der Waals surface area contributed by atoms with Gasteiger partial charge in [0.2, 0.25) is 0 Å². The van der Waals surface area contributed by atoms with Crippen LogP contribution in [-0.4, -0.2) is 38.0 Å². The van der Waals surface area contributed by atoms with Gasteiger partial charge in [-0.2, -0.15) is 0 Å². The summed E-state index contributed by atoms with van der Waals surface area (Å²) in [5.41, 5.74) is 7.94. The molecule has 2 N–H and O–H groups in total. The molecular formula is C20H19ClN6O2S2. The number of hydrogen-bond acceptors (Lipinski definition) is 8. The van der Waals surface area contributed by atoms with Gasteiger partial charge in [-0.1, -0.05) is 47.3 Å². The number of nitrogens with one attached hydrogen (secondary N) is 2. The van der Waals surface area contributed by atoms with Crippen molar-refractivity contribution in [2.24, 2.45) is 0 Å². The first-order valence-electron chi connectivity index (χ1n) is 9.07. The van der Waals surface area contributed by atoms with Gasteiger partial charge in [0.25, 0.3) is 11.8 Å². The largest absolute Gasteiger partial charge is 0.289 e. The van der Waals surface area contributed by atoms with Crippen LogP contribution in [0.5, 0.6) is 0 Å². The quantitative estimate of drug-likeness (QED) is 0.316. The van der Waals surface area contributed by atoms with Crippen LogP contribution in [0.2, 0.25) is 5.02 Å². The van der Waals surface area contributed by atoms with Crippen LogP contribution >= 0.6 is 35.1 Å². The Hall–Kier alpha value is -2.69. The highest BCUT2D eigenvalue weighted by atomic mass is 35.5. The molecule has 11 heteroatoms. The molecule has 2 amide bonds. The first-order chi connectivity index (χ1) is 14.9. The zero-order valence-corrected chi connectivity index (χ0v) is 19.4. The molecule has 0 fully saturated rings. The maximum Gasteiger partial charge on any atom is 0.289 e. The summed E-state index contributed by atoms with van der Waals surface area (Å²) in [6.07, 6.45) is 3.13. The third-order valence-electron chi connectivity index (χ3n) is 3.96. The van der Waals surface area contributed by atoms with Gasteiger partial charge in [0.1, 0.15) is 0 Å². The highest BCUT2D eigenvalue weighted by Crippen LogP contribution is 2.20. The maximum absolute atomic E-state index is 12.3. The summed E-state index contributed by atoms with van der Waals surface area (Å²) in [5, 5.41) is 1.22. The SMILES string of the molecule is CSc1ncc(Cl)c(C(=O)NNC(=O)c2ccc(CSc3nc(C)cc(C)n3)cc2)n1. The normalized spacial score (nSPS) is 10.6. The van der Waals surface area contributed by atoms with E-state index in [4.69, 9.17) is 11.6 Å². The zero-order valence-electron chi connectivity index (χ0n) is 17.0. The Bertz CT molecular complexity index is 1090. The number of benzene rings is 1. The third-order valence-corrected chi connectivity index (χ3v) is 5.71. The van der Waals surface area contributed by atoms with Gasteiger partial charge in [-0.15, -0.1) is 0 Å². The van der Waals surface area contributed by atoms with Crippen molar-refractivity contribution in [2.75, 3.05) is 6.26 Å². The number of aryl methyl sites for hydroxylation is 2. The summed E-state index contributed by atoms with van der Waals surface area (Å²) < 4.78 is 0. The fourth-order valence-corrected chi connectivity index (χ4v) is 3.93. The van der Waals surface area contributed by atoms with Gasteiger partial charge < -0.3 is 0 Å². The standard InChI is InChI=1S/C20H19ClN6O2S2/c1-11-8-12(2)24-20(23-11)31-10-13-4-6-14(7-5-13)17(28)26-27-18(29)16-15(21)9-22-19(25-16)30-3/h4-9H,10H2,1-3H3,(H,26,28)(H,27,29). The molecule has 8 nitrogen and oxygen atoms in total. The highest BCUT2D eigenvalue weighted by Gasteiger charge is 2.15. The molecular weight excluding hydrogens is 456 g/mol. The molecule has 160 valence electrons. The number of carbonyl (C=O) groups excluding carboxylic acids is 2. The van der Waals surface area contributed by atoms with Crippen molar-refractivity contribution < 1.29 is 9.59 Å². The van der Waals surface area contributed by atoms with E-state index < -0.39 is 11.8 Å². The van der Waals surface area contributed by atoms with Gasteiger partial charge >= 0.3 is 0 Å². The lowest BCUT2D eigenvalue weighted by atomic mass is 10.1. The molecule has 0 saturated heterocycles. The zero-order chi connectivity index (χ0) is 22.4. The molecule has 3 rings (SSSR count). The first-order valence-corrected chi connectivity index (χ1v) is 11.7. The van der Waals surface area contributed by atoms with Gasteiger partial charge in [0, 0.05) is 22.7 Å². The lowest BCUT2D eigenvalue weighted by Gasteiger charge is -2.09. The van der Waals surface area contributed by atoms with E-state index >= 15 is 0 Å². The van der Waals surface area contributed by atoms with Crippen LogP contribution in [0.25, 0.3) is 0 Å². The molecule has 0 aliphatic rings. The number of rotatable bonds is 6. The van der Waals surface area contributed by atoms with Crippen LogP contribution in [0, 0.1) is 13.8 Å². The molecule has 2 heterocycles. The number of carbonyl (C=O) groups is 2. The molecule has 3 aromatic rings. The van der Waals surface area contributed by atoms with Crippen molar-refractivity contribution in [2.45, 2.75) is 29.9 Å². The summed E-state index contributed by atoms with van der Waals surface area (Å²) in [7, 11) is 0. The number of thioether (sulfide) groups is 2. The monoisotopic (exact) mass is 474 g/mol. The minimum absolute atomic E-state index is 0.0118. The minimum Gasteiger partial charge on any atom is -0.267 e. The van der Waals surface area contributed by atoms with Crippen LogP contribution in [0.4, 0.5) is 0 Å². The molecule has 0 aliphatic carbocycles. The lowest BCUT2D eigenvalue weighted by molar-refractivity contribution is 0.0843. The molecule has 0 radical (unpaired) electrons. The third kappa shape index (κ3) is 6.39. The molecule has 0 bridgehead atoms. The summed E-state index contributed by atoms with van der Waals surface area (Å²) in [4.78, 5) is 41.4. The van der Waals surface area contributed by atoms with Crippen LogP contribution in [0.3, 0.4) is 0 Å². The van der Waals surface area contributed by atoms with Crippen LogP contribution in [0.15, 0.2) is 46.8 Å². The van der Waals surface area contributed by atoms with Gasteiger partial charge in [-0.25, -0.2) is 19.9 Å². The minimum atomic E-state index is -0.627.